The number of nitrogens with two attached hydrogens (primary N) is 1. The van der Waals surface area contributed by atoms with Crippen LogP contribution in [0.3, 0.4) is 0 Å². The summed E-state index contributed by atoms with van der Waals surface area (Å²) >= 11 is 5.99. The summed E-state index contributed by atoms with van der Waals surface area (Å²) in [5.74, 6) is 0.743. The van der Waals surface area contributed by atoms with Crippen LogP contribution in [0.5, 0.6) is 5.75 Å². The summed E-state index contributed by atoms with van der Waals surface area (Å²) in [6.45, 7) is 3.14. The molecule has 1 amide bonds. The van der Waals surface area contributed by atoms with E-state index in [-0.39, 0.29) is 18.0 Å². The van der Waals surface area contributed by atoms with Crippen molar-refractivity contribution in [2.75, 3.05) is 13.2 Å². The van der Waals surface area contributed by atoms with Gasteiger partial charge in [-0.25, -0.2) is 0 Å². The highest BCUT2D eigenvalue weighted by Crippen LogP contribution is 2.23. The van der Waals surface area contributed by atoms with Gasteiger partial charge in [-0.05, 0) is 31.9 Å². The molecular formula is C15H21ClN2O2. The van der Waals surface area contributed by atoms with Gasteiger partial charge in [0, 0.05) is 18.6 Å². The molecule has 0 spiro atoms. The molecule has 1 aliphatic rings. The largest absolute Gasteiger partial charge is 0.491 e. The first-order valence-corrected chi connectivity index (χ1v) is 7.38. The number of carbonyl (C=O) groups is 1. The first-order valence-electron chi connectivity index (χ1n) is 7.00. The molecule has 0 aliphatic carbocycles. The first kappa shape index (κ1) is 15.1. The number of para-hydroxylation sites is 1. The summed E-state index contributed by atoms with van der Waals surface area (Å²) < 4.78 is 5.55. The number of ether oxygens (including phenoxy) is 1. The molecule has 2 rings (SSSR count). The van der Waals surface area contributed by atoms with Crippen LogP contribution in [0.1, 0.15) is 26.2 Å². The van der Waals surface area contributed by atoms with Crippen molar-refractivity contribution in [2.24, 2.45) is 5.73 Å². The predicted octanol–water partition coefficient (Wildman–Crippen LogP) is 2.45. The normalized spacial score (nSPS) is 22.6. The molecule has 1 aromatic carbocycles. The molecule has 4 nitrogen and oxygen atoms in total. The second-order valence-electron chi connectivity index (χ2n) is 5.25. The van der Waals surface area contributed by atoms with Gasteiger partial charge in [-0.2, -0.15) is 0 Å². The number of carbonyl (C=O) groups excluding carboxylic acids is 1. The van der Waals surface area contributed by atoms with Crippen LogP contribution in [0.15, 0.2) is 24.3 Å². The third kappa shape index (κ3) is 3.87. The van der Waals surface area contributed by atoms with Gasteiger partial charge in [0.1, 0.15) is 5.75 Å². The Labute approximate surface area is 124 Å². The minimum absolute atomic E-state index is 0.122. The maximum Gasteiger partial charge on any atom is 0.226 e. The van der Waals surface area contributed by atoms with Crippen molar-refractivity contribution in [1.82, 2.24) is 4.90 Å². The monoisotopic (exact) mass is 296 g/mol. The molecule has 0 radical (unpaired) electrons. The molecule has 0 bridgehead atoms. The van der Waals surface area contributed by atoms with E-state index >= 15 is 0 Å². The van der Waals surface area contributed by atoms with Crippen LogP contribution in [-0.4, -0.2) is 36.0 Å². The second kappa shape index (κ2) is 6.95. The van der Waals surface area contributed by atoms with Crippen LogP contribution < -0.4 is 10.5 Å². The molecule has 2 atom stereocenters. The van der Waals surface area contributed by atoms with E-state index in [9.17, 15) is 4.79 Å². The fraction of sp³-hybridized carbons (Fsp3) is 0.533. The van der Waals surface area contributed by atoms with E-state index in [0.29, 0.717) is 23.8 Å². The highest BCUT2D eigenvalue weighted by Gasteiger charge is 2.26. The number of nitrogens with zero attached hydrogens (tertiary/aromatic N) is 1. The van der Waals surface area contributed by atoms with Gasteiger partial charge < -0.3 is 15.4 Å². The van der Waals surface area contributed by atoms with Crippen molar-refractivity contribution in [2.45, 2.75) is 38.3 Å². The van der Waals surface area contributed by atoms with Crippen LogP contribution in [0.4, 0.5) is 0 Å². The second-order valence-corrected chi connectivity index (χ2v) is 5.66. The third-order valence-corrected chi connectivity index (χ3v) is 3.96. The molecular weight excluding hydrogens is 276 g/mol. The summed E-state index contributed by atoms with van der Waals surface area (Å²) in [7, 11) is 0. The maximum atomic E-state index is 12.2. The highest BCUT2D eigenvalue weighted by molar-refractivity contribution is 6.32. The molecule has 0 aromatic heterocycles. The lowest BCUT2D eigenvalue weighted by atomic mass is 9.99. The Bertz CT molecular complexity index is 467. The third-order valence-electron chi connectivity index (χ3n) is 3.65. The quantitative estimate of drug-likeness (QED) is 0.928. The average Bonchev–Trinajstić information content (AvgIpc) is 2.40. The zero-order chi connectivity index (χ0) is 14.5. The standard InChI is InChI=1S/C15H21ClN2O2/c1-11-10-12(17)6-8-18(11)15(19)7-9-20-14-5-3-2-4-13(14)16/h2-5,11-12H,6-10,17H2,1H3/t11-,12+/m0/s1. The lowest BCUT2D eigenvalue weighted by Crippen LogP contribution is -2.48. The number of halogens is 1. The van der Waals surface area contributed by atoms with E-state index in [2.05, 4.69) is 0 Å². The lowest BCUT2D eigenvalue weighted by Gasteiger charge is -2.36. The van der Waals surface area contributed by atoms with E-state index in [4.69, 9.17) is 22.1 Å². The Balaban J connectivity index is 1.79. The van der Waals surface area contributed by atoms with E-state index in [1.807, 2.05) is 24.0 Å². The number of benzene rings is 1. The summed E-state index contributed by atoms with van der Waals surface area (Å²) in [6.07, 6.45) is 2.11. The van der Waals surface area contributed by atoms with Crippen LogP contribution in [0.25, 0.3) is 0 Å². The highest BCUT2D eigenvalue weighted by atomic mass is 35.5. The minimum Gasteiger partial charge on any atom is -0.491 e. The molecule has 1 aliphatic heterocycles. The van der Waals surface area contributed by atoms with Crippen LogP contribution in [0.2, 0.25) is 5.02 Å². The Morgan fingerprint density at radius 3 is 2.95 bits per heavy atom. The van der Waals surface area contributed by atoms with Crippen LogP contribution in [-0.2, 0) is 4.79 Å². The number of rotatable bonds is 4. The van der Waals surface area contributed by atoms with E-state index in [1.165, 1.54) is 0 Å². The molecule has 1 heterocycles. The van der Waals surface area contributed by atoms with Gasteiger partial charge in [0.15, 0.2) is 0 Å². The van der Waals surface area contributed by atoms with E-state index in [1.54, 1.807) is 12.1 Å². The summed E-state index contributed by atoms with van der Waals surface area (Å²) in [6, 6.07) is 7.71. The number of likely N-dealkylation sites (tertiary alicyclic amines) is 1. The van der Waals surface area contributed by atoms with Gasteiger partial charge in [0.25, 0.3) is 0 Å². The van der Waals surface area contributed by atoms with E-state index < -0.39 is 0 Å². The van der Waals surface area contributed by atoms with Crippen molar-refractivity contribution in [3.05, 3.63) is 29.3 Å². The van der Waals surface area contributed by atoms with Crippen molar-refractivity contribution in [3.63, 3.8) is 0 Å². The topological polar surface area (TPSA) is 55.6 Å². The fourth-order valence-electron chi connectivity index (χ4n) is 2.53. The van der Waals surface area contributed by atoms with Gasteiger partial charge in [0.05, 0.1) is 18.1 Å². The average molecular weight is 297 g/mol. The molecule has 20 heavy (non-hydrogen) atoms. The molecule has 2 N–H and O–H groups in total. The molecule has 0 unspecified atom stereocenters. The SMILES string of the molecule is C[C@H]1C[C@H](N)CCN1C(=O)CCOc1ccccc1Cl. The molecule has 110 valence electrons. The predicted molar refractivity (Wildman–Crippen MR) is 79.9 cm³/mol. The number of hydrogen-bond donors (Lipinski definition) is 1. The van der Waals surface area contributed by atoms with Crippen molar-refractivity contribution in [3.8, 4) is 5.75 Å². The van der Waals surface area contributed by atoms with Gasteiger partial charge in [-0.3, -0.25) is 4.79 Å². The van der Waals surface area contributed by atoms with Crippen LogP contribution >= 0.6 is 11.6 Å². The number of amides is 1. The Morgan fingerprint density at radius 1 is 1.50 bits per heavy atom. The van der Waals surface area contributed by atoms with Gasteiger partial charge in [-0.1, -0.05) is 23.7 Å². The van der Waals surface area contributed by atoms with Gasteiger partial charge in [0.2, 0.25) is 5.91 Å². The smallest absolute Gasteiger partial charge is 0.226 e. The summed E-state index contributed by atoms with van der Waals surface area (Å²) in [5, 5.41) is 0.567. The maximum absolute atomic E-state index is 12.2. The van der Waals surface area contributed by atoms with Gasteiger partial charge in [-0.15, -0.1) is 0 Å². The zero-order valence-electron chi connectivity index (χ0n) is 11.7. The number of piperidine rings is 1. The number of hydrogen-bond acceptors (Lipinski definition) is 3. The summed E-state index contributed by atoms with van der Waals surface area (Å²) in [5.41, 5.74) is 5.90. The molecule has 0 saturated carbocycles. The van der Waals surface area contributed by atoms with Crippen LogP contribution in [0, 0.1) is 0 Å². The molecule has 1 fully saturated rings. The van der Waals surface area contributed by atoms with Crippen molar-refractivity contribution < 1.29 is 9.53 Å². The Hall–Kier alpha value is -1.26. The summed E-state index contributed by atoms with van der Waals surface area (Å²) in [4.78, 5) is 14.1. The Morgan fingerprint density at radius 2 is 2.25 bits per heavy atom. The molecule has 1 saturated heterocycles. The van der Waals surface area contributed by atoms with Gasteiger partial charge >= 0.3 is 0 Å². The van der Waals surface area contributed by atoms with Crippen molar-refractivity contribution in [1.29, 1.82) is 0 Å². The van der Waals surface area contributed by atoms with E-state index in [0.717, 1.165) is 19.4 Å². The lowest BCUT2D eigenvalue weighted by molar-refractivity contribution is -0.135. The van der Waals surface area contributed by atoms with Crippen molar-refractivity contribution >= 4 is 17.5 Å². The zero-order valence-corrected chi connectivity index (χ0v) is 12.5. The Kier molecular flexibility index (Phi) is 5.26. The first-order chi connectivity index (χ1) is 9.58. The molecule has 5 heteroatoms. The fourth-order valence-corrected chi connectivity index (χ4v) is 2.72. The molecule has 1 aromatic rings. The minimum atomic E-state index is 0.122.